The molecule has 0 fully saturated rings. The number of amides is 1. The molecule has 1 aliphatic heterocycles. The second-order valence-corrected chi connectivity index (χ2v) is 8.06. The summed E-state index contributed by atoms with van der Waals surface area (Å²) in [6.07, 6.45) is -4.08. The van der Waals surface area contributed by atoms with Crippen LogP contribution in [0.15, 0.2) is 36.4 Å². The lowest BCUT2D eigenvalue weighted by Crippen LogP contribution is -2.32. The Labute approximate surface area is 211 Å². The summed E-state index contributed by atoms with van der Waals surface area (Å²) in [4.78, 5) is 14.2. The first-order valence-electron chi connectivity index (χ1n) is 14.0. The minimum Gasteiger partial charge on any atom is -0.488 e. The molecule has 2 aromatic carbocycles. The van der Waals surface area contributed by atoms with Crippen LogP contribution >= 0.6 is 0 Å². The number of carbonyl (C=O) groups excluding carboxylic acids is 1. The Morgan fingerprint density at radius 3 is 2.66 bits per heavy atom. The zero-order valence-electron chi connectivity index (χ0n) is 25.1. The highest BCUT2D eigenvalue weighted by Gasteiger charge is 2.29. The molecule has 0 spiro atoms. The van der Waals surface area contributed by atoms with E-state index in [-0.39, 0.29) is 18.6 Å². The van der Waals surface area contributed by atoms with Crippen molar-refractivity contribution in [2.24, 2.45) is 5.73 Å². The fraction of sp³-hybridized carbons (Fsp3) is 0.480. The second-order valence-electron chi connectivity index (χ2n) is 8.06. The molecule has 1 heterocycles. The third-order valence-electron chi connectivity index (χ3n) is 5.27. The number of aliphatic hydroxyl groups is 1. The van der Waals surface area contributed by atoms with Gasteiger partial charge in [0.1, 0.15) is 6.56 Å². The van der Waals surface area contributed by atoms with Gasteiger partial charge in [0.15, 0.2) is 18.1 Å². The Balaban J connectivity index is 1.77. The first kappa shape index (κ1) is 19.2. The topological polar surface area (TPSA) is 97.1 Å². The number of alkyl halides is 3. The van der Waals surface area contributed by atoms with Crippen molar-refractivity contribution >= 4 is 11.6 Å². The fourth-order valence-corrected chi connectivity index (χ4v) is 3.85. The van der Waals surface area contributed by atoms with Crippen LogP contribution in [0, 0.1) is 0 Å². The van der Waals surface area contributed by atoms with E-state index < -0.39 is 49.2 Å². The zero-order valence-corrected chi connectivity index (χ0v) is 19.1. The average Bonchev–Trinajstić information content (AvgIpc) is 3.24. The standard InChI is InChI=1S/C25H32F3N3O4/c1-17(30-8-12-34-21-5-2-3-6-22(21)35-16-25(26,27)28)13-18-14-19-7-10-31(9-4-11-32)23(19)20(15-18)24(29)33/h2-3,5-6,14-15,17,30,32H,4,7-13,16H2,1H3,(H2,29,33)/t17-/m1/s1/i8D2,12D2,16D2. The molecule has 2 aromatic rings. The number of aliphatic hydroxyl groups excluding tert-OH is 1. The molecule has 0 aromatic heterocycles. The number of nitrogens with one attached hydrogen (secondary N) is 1. The van der Waals surface area contributed by atoms with Gasteiger partial charge in [-0.3, -0.25) is 4.79 Å². The SMILES string of the molecule is [2H]C([2H])(N[C@H](C)Cc1cc2c(c(C(N)=O)c1)N(CCCO)CC2)C([2H])([2H])Oc1ccccc1OC([2H])([2H])C(F)(F)F. The van der Waals surface area contributed by atoms with Crippen LogP contribution < -0.4 is 25.4 Å². The highest BCUT2D eigenvalue weighted by atomic mass is 19.4. The number of hydrogen-bond donors (Lipinski definition) is 3. The molecule has 192 valence electrons. The molecule has 10 heteroatoms. The van der Waals surface area contributed by atoms with Crippen molar-refractivity contribution in [1.29, 1.82) is 0 Å². The van der Waals surface area contributed by atoms with E-state index in [1.54, 1.807) is 13.0 Å². The van der Waals surface area contributed by atoms with E-state index in [4.69, 9.17) is 23.8 Å². The van der Waals surface area contributed by atoms with Gasteiger partial charge in [-0.1, -0.05) is 18.2 Å². The van der Waals surface area contributed by atoms with E-state index in [9.17, 15) is 18.0 Å². The van der Waals surface area contributed by atoms with Crippen LogP contribution in [0.1, 0.15) is 43.1 Å². The number of halogens is 3. The van der Waals surface area contributed by atoms with Crippen molar-refractivity contribution in [1.82, 2.24) is 5.32 Å². The number of benzene rings is 2. The fourth-order valence-electron chi connectivity index (χ4n) is 3.85. The van der Waals surface area contributed by atoms with E-state index >= 15 is 0 Å². The summed E-state index contributed by atoms with van der Waals surface area (Å²) >= 11 is 0. The van der Waals surface area contributed by atoms with Crippen LogP contribution in [-0.4, -0.2) is 62.5 Å². The minimum atomic E-state index is -5.39. The van der Waals surface area contributed by atoms with E-state index in [1.165, 1.54) is 12.1 Å². The Morgan fingerprint density at radius 1 is 1.29 bits per heavy atom. The van der Waals surface area contributed by atoms with Gasteiger partial charge in [0, 0.05) is 35.0 Å². The Morgan fingerprint density at radius 2 is 2.00 bits per heavy atom. The van der Waals surface area contributed by atoms with Crippen LogP contribution in [0.4, 0.5) is 18.9 Å². The Bertz CT molecular complexity index is 1250. The van der Waals surface area contributed by atoms with Crippen molar-refractivity contribution in [3.63, 3.8) is 0 Å². The minimum absolute atomic E-state index is 0.000388. The second kappa shape index (κ2) is 12.1. The van der Waals surface area contributed by atoms with Crippen molar-refractivity contribution in [2.45, 2.75) is 38.4 Å². The van der Waals surface area contributed by atoms with Crippen LogP contribution in [-0.2, 0) is 12.8 Å². The third-order valence-corrected chi connectivity index (χ3v) is 5.27. The summed E-state index contributed by atoms with van der Waals surface area (Å²) in [6.45, 7) is -7.40. The molecule has 0 saturated carbocycles. The van der Waals surface area contributed by atoms with E-state index in [0.717, 1.165) is 17.7 Å². The maximum absolute atomic E-state index is 13.0. The van der Waals surface area contributed by atoms with Crippen molar-refractivity contribution in [3.05, 3.63) is 53.1 Å². The van der Waals surface area contributed by atoms with Crippen LogP contribution in [0.5, 0.6) is 11.5 Å². The summed E-state index contributed by atoms with van der Waals surface area (Å²) in [5.74, 6) is -2.05. The molecule has 0 saturated heterocycles. The molecular weight excluding hydrogens is 463 g/mol. The van der Waals surface area contributed by atoms with Crippen LogP contribution in [0.2, 0.25) is 0 Å². The summed E-state index contributed by atoms with van der Waals surface area (Å²) in [6, 6.07) is 7.21. The lowest BCUT2D eigenvalue weighted by Gasteiger charge is -2.22. The number of para-hydroxylation sites is 2. The average molecular weight is 502 g/mol. The number of ether oxygens (including phenoxy) is 2. The summed E-state index contributed by atoms with van der Waals surface area (Å²) in [5.41, 5.74) is 8.14. The van der Waals surface area contributed by atoms with Gasteiger partial charge in [0.05, 0.1) is 16.7 Å². The molecule has 1 amide bonds. The number of rotatable bonds is 13. The highest BCUT2D eigenvalue weighted by molar-refractivity contribution is 6.00. The van der Waals surface area contributed by atoms with E-state index in [0.29, 0.717) is 37.2 Å². The number of hydrogen-bond acceptors (Lipinski definition) is 6. The van der Waals surface area contributed by atoms with Crippen molar-refractivity contribution < 1.29 is 40.8 Å². The first-order chi connectivity index (χ1) is 18.9. The quantitative estimate of drug-likeness (QED) is 0.390. The van der Waals surface area contributed by atoms with Gasteiger partial charge in [-0.2, -0.15) is 13.2 Å². The maximum Gasteiger partial charge on any atom is 0.422 e. The third kappa shape index (κ3) is 7.76. The van der Waals surface area contributed by atoms with E-state index in [2.05, 4.69) is 10.1 Å². The molecule has 4 N–H and O–H groups in total. The molecule has 35 heavy (non-hydrogen) atoms. The number of nitrogens with two attached hydrogens (primary N) is 1. The number of primary amides is 1. The van der Waals surface area contributed by atoms with Gasteiger partial charge in [-0.15, -0.1) is 0 Å². The Hall–Kier alpha value is -2.98. The molecule has 0 bridgehead atoms. The first-order valence-corrected chi connectivity index (χ1v) is 11.0. The molecule has 0 aliphatic carbocycles. The number of anilines is 1. The molecule has 3 rings (SSSR count). The largest absolute Gasteiger partial charge is 0.488 e. The predicted molar refractivity (Wildman–Crippen MR) is 127 cm³/mol. The van der Waals surface area contributed by atoms with Gasteiger partial charge in [-0.25, -0.2) is 0 Å². The van der Waals surface area contributed by atoms with Gasteiger partial charge in [-0.05, 0) is 55.5 Å². The van der Waals surface area contributed by atoms with Gasteiger partial charge in [0.2, 0.25) is 0 Å². The molecule has 0 radical (unpaired) electrons. The summed E-state index contributed by atoms with van der Waals surface area (Å²) in [7, 11) is 0. The molecule has 1 aliphatic rings. The molecular formula is C25H32F3N3O4. The highest BCUT2D eigenvalue weighted by Crippen LogP contribution is 2.33. The molecule has 0 unspecified atom stereocenters. The van der Waals surface area contributed by atoms with Gasteiger partial charge in [0.25, 0.3) is 5.91 Å². The van der Waals surface area contributed by atoms with E-state index in [1.807, 2.05) is 11.0 Å². The van der Waals surface area contributed by atoms with Crippen LogP contribution in [0.25, 0.3) is 0 Å². The van der Waals surface area contributed by atoms with Gasteiger partial charge < -0.3 is 30.5 Å². The molecule has 1 atom stereocenters. The zero-order chi connectivity index (χ0) is 30.8. The smallest absolute Gasteiger partial charge is 0.422 e. The number of fused-ring (bicyclic) bond motifs is 1. The normalized spacial score (nSPS) is 17.8. The summed E-state index contributed by atoms with van der Waals surface area (Å²) < 4.78 is 95.8. The monoisotopic (exact) mass is 501 g/mol. The Kier molecular flexibility index (Phi) is 6.66. The number of nitrogens with zero attached hydrogens (tertiary/aromatic N) is 1. The summed E-state index contributed by atoms with van der Waals surface area (Å²) in [5, 5.41) is 11.7. The lowest BCUT2D eigenvalue weighted by atomic mass is 9.98. The van der Waals surface area contributed by atoms with Crippen LogP contribution in [0.3, 0.4) is 0 Å². The lowest BCUT2D eigenvalue weighted by molar-refractivity contribution is -0.153. The molecule has 7 nitrogen and oxygen atoms in total. The van der Waals surface area contributed by atoms with Crippen molar-refractivity contribution in [3.8, 4) is 11.5 Å². The van der Waals surface area contributed by atoms with Gasteiger partial charge >= 0.3 is 6.18 Å². The van der Waals surface area contributed by atoms with Crippen molar-refractivity contribution in [2.75, 3.05) is 44.2 Å². The maximum atomic E-state index is 13.0. The predicted octanol–water partition coefficient (Wildman–Crippen LogP) is 3.07. The number of carbonyl (C=O) groups is 1.